The first-order valence-corrected chi connectivity index (χ1v) is 10.4. The minimum atomic E-state index is -3.48. The molecule has 2 N–H and O–H groups in total. The van der Waals surface area contributed by atoms with E-state index in [0.717, 1.165) is 51.4 Å². The molecule has 6 heteroatoms. The van der Waals surface area contributed by atoms with Crippen LogP contribution in [0.25, 0.3) is 0 Å². The molecule has 0 radical (unpaired) electrons. The fourth-order valence-corrected chi connectivity index (χ4v) is 4.96. The number of hydrogen-bond donors (Lipinski definition) is 2. The minimum absolute atomic E-state index is 0.0518. The molecule has 1 aromatic rings. The van der Waals surface area contributed by atoms with Crippen LogP contribution in [0, 0.1) is 5.41 Å². The molecule has 0 heterocycles. The quantitative estimate of drug-likeness (QED) is 0.825. The van der Waals surface area contributed by atoms with E-state index in [1.165, 1.54) is 0 Å². The van der Waals surface area contributed by atoms with E-state index in [9.17, 15) is 13.2 Å². The van der Waals surface area contributed by atoms with Crippen LogP contribution >= 0.6 is 0 Å². The average Bonchev–Trinajstić information content (AvgIpc) is 2.99. The summed E-state index contributed by atoms with van der Waals surface area (Å²) in [6.45, 7) is 2.04. The van der Waals surface area contributed by atoms with Crippen LogP contribution in [0.15, 0.2) is 29.2 Å². The number of hydrogen-bond acceptors (Lipinski definition) is 3. The predicted molar refractivity (Wildman–Crippen MR) is 94.2 cm³/mol. The lowest BCUT2D eigenvalue weighted by Crippen LogP contribution is -2.41. The highest BCUT2D eigenvalue weighted by atomic mass is 32.2. The smallest absolute Gasteiger partial charge is 0.240 e. The van der Waals surface area contributed by atoms with Crippen LogP contribution in [0.2, 0.25) is 0 Å². The molecule has 0 spiro atoms. The maximum Gasteiger partial charge on any atom is 0.240 e. The minimum Gasteiger partial charge on any atom is -0.326 e. The second-order valence-electron chi connectivity index (χ2n) is 7.07. The van der Waals surface area contributed by atoms with Gasteiger partial charge in [-0.25, -0.2) is 13.1 Å². The van der Waals surface area contributed by atoms with E-state index in [1.807, 2.05) is 6.92 Å². The van der Waals surface area contributed by atoms with Crippen molar-refractivity contribution in [2.75, 3.05) is 5.32 Å². The summed E-state index contributed by atoms with van der Waals surface area (Å²) in [7, 11) is -3.48. The second kappa shape index (κ2) is 6.84. The molecule has 2 aliphatic carbocycles. The topological polar surface area (TPSA) is 75.3 Å². The zero-order valence-electron chi connectivity index (χ0n) is 14.2. The number of rotatable bonds is 6. The number of carbonyl (C=O) groups is 1. The summed E-state index contributed by atoms with van der Waals surface area (Å²) in [4.78, 5) is 12.7. The van der Waals surface area contributed by atoms with Gasteiger partial charge in [-0.2, -0.15) is 0 Å². The number of benzene rings is 1. The summed E-state index contributed by atoms with van der Waals surface area (Å²) >= 11 is 0. The standard InChI is InChI=1S/C18H26N2O3S/c1-2-18(12-5-13-18)17(21)19-14-8-10-16(11-9-14)24(22,23)20-15-6-3-4-7-15/h8-11,15,20H,2-7,12-13H2,1H3,(H,19,21). The van der Waals surface area contributed by atoms with Crippen LogP contribution in [0.1, 0.15) is 58.3 Å². The van der Waals surface area contributed by atoms with Crippen LogP contribution in [0.5, 0.6) is 0 Å². The molecule has 24 heavy (non-hydrogen) atoms. The molecule has 2 saturated carbocycles. The zero-order valence-corrected chi connectivity index (χ0v) is 15.0. The van der Waals surface area contributed by atoms with Gasteiger partial charge >= 0.3 is 0 Å². The molecule has 1 amide bonds. The molecule has 2 aliphatic rings. The molecule has 0 bridgehead atoms. The summed E-state index contributed by atoms with van der Waals surface area (Å²) in [6.07, 6.45) is 7.80. The number of nitrogens with one attached hydrogen (secondary N) is 2. The normalized spacial score (nSPS) is 20.5. The number of sulfonamides is 1. The molecule has 0 atom stereocenters. The van der Waals surface area contributed by atoms with Crippen LogP contribution < -0.4 is 10.0 Å². The molecular formula is C18H26N2O3S. The Balaban J connectivity index is 1.65. The summed E-state index contributed by atoms with van der Waals surface area (Å²) in [5.74, 6) is 0.0518. The van der Waals surface area contributed by atoms with Gasteiger partial charge in [0.15, 0.2) is 0 Å². The fraction of sp³-hybridized carbons (Fsp3) is 0.611. The van der Waals surface area contributed by atoms with Crippen molar-refractivity contribution in [1.82, 2.24) is 4.72 Å². The molecule has 3 rings (SSSR count). The number of carbonyl (C=O) groups excluding carboxylic acids is 1. The lowest BCUT2D eigenvalue weighted by molar-refractivity contribution is -0.130. The third kappa shape index (κ3) is 3.49. The molecule has 2 fully saturated rings. The van der Waals surface area contributed by atoms with Crippen molar-refractivity contribution in [3.8, 4) is 0 Å². The van der Waals surface area contributed by atoms with Crippen molar-refractivity contribution in [1.29, 1.82) is 0 Å². The molecule has 1 aromatic carbocycles. The lowest BCUT2D eigenvalue weighted by atomic mass is 9.66. The van der Waals surface area contributed by atoms with Crippen molar-refractivity contribution in [2.45, 2.75) is 69.2 Å². The van der Waals surface area contributed by atoms with Gasteiger partial charge in [0.05, 0.1) is 4.90 Å². The summed E-state index contributed by atoms with van der Waals surface area (Å²) in [5.41, 5.74) is 0.425. The van der Waals surface area contributed by atoms with Crippen LogP contribution in [-0.2, 0) is 14.8 Å². The van der Waals surface area contributed by atoms with Gasteiger partial charge in [0.1, 0.15) is 0 Å². The Morgan fingerprint density at radius 3 is 2.25 bits per heavy atom. The first kappa shape index (κ1) is 17.4. The van der Waals surface area contributed by atoms with Gasteiger partial charge in [-0.15, -0.1) is 0 Å². The van der Waals surface area contributed by atoms with Gasteiger partial charge in [-0.3, -0.25) is 4.79 Å². The number of anilines is 1. The Hall–Kier alpha value is -1.40. The van der Waals surface area contributed by atoms with Crippen LogP contribution in [0.4, 0.5) is 5.69 Å². The molecule has 0 saturated heterocycles. The fourth-order valence-electron chi connectivity index (χ4n) is 3.66. The largest absolute Gasteiger partial charge is 0.326 e. The first-order chi connectivity index (χ1) is 11.5. The third-order valence-corrected chi connectivity index (χ3v) is 7.10. The molecule has 0 aliphatic heterocycles. The van der Waals surface area contributed by atoms with Gasteiger partial charge < -0.3 is 5.32 Å². The maximum atomic E-state index is 12.4. The first-order valence-electron chi connectivity index (χ1n) is 8.89. The Morgan fingerprint density at radius 1 is 1.12 bits per heavy atom. The Morgan fingerprint density at radius 2 is 1.75 bits per heavy atom. The van der Waals surface area contributed by atoms with Crippen molar-refractivity contribution >= 4 is 21.6 Å². The number of amides is 1. The monoisotopic (exact) mass is 350 g/mol. The summed E-state index contributed by atoms with van der Waals surface area (Å²) in [5, 5.41) is 2.93. The van der Waals surface area contributed by atoms with E-state index in [2.05, 4.69) is 10.0 Å². The average molecular weight is 350 g/mol. The van der Waals surface area contributed by atoms with E-state index >= 15 is 0 Å². The van der Waals surface area contributed by atoms with Gasteiger partial charge in [-0.05, 0) is 56.4 Å². The molecule has 0 aromatic heterocycles. The Kier molecular flexibility index (Phi) is 4.97. The van der Waals surface area contributed by atoms with E-state index in [1.54, 1.807) is 24.3 Å². The molecule has 132 valence electrons. The summed E-state index contributed by atoms with van der Waals surface area (Å²) in [6, 6.07) is 6.52. The van der Waals surface area contributed by atoms with E-state index in [4.69, 9.17) is 0 Å². The predicted octanol–water partition coefficient (Wildman–Crippen LogP) is 3.43. The van der Waals surface area contributed by atoms with Gasteiger partial charge in [0, 0.05) is 17.1 Å². The van der Waals surface area contributed by atoms with Gasteiger partial charge in [0.25, 0.3) is 0 Å². The van der Waals surface area contributed by atoms with E-state index < -0.39 is 10.0 Å². The van der Waals surface area contributed by atoms with Gasteiger partial charge in [0.2, 0.25) is 15.9 Å². The van der Waals surface area contributed by atoms with Crippen molar-refractivity contribution in [2.24, 2.45) is 5.41 Å². The molecular weight excluding hydrogens is 324 g/mol. The lowest BCUT2D eigenvalue weighted by Gasteiger charge is -2.39. The molecule has 0 unspecified atom stereocenters. The van der Waals surface area contributed by atoms with E-state index in [0.29, 0.717) is 5.69 Å². The van der Waals surface area contributed by atoms with Gasteiger partial charge in [-0.1, -0.05) is 26.2 Å². The SMILES string of the molecule is CCC1(C(=O)Nc2ccc(S(=O)(=O)NC3CCCC3)cc2)CCC1. The highest BCUT2D eigenvalue weighted by Gasteiger charge is 2.42. The van der Waals surface area contributed by atoms with E-state index in [-0.39, 0.29) is 22.3 Å². The Labute approximate surface area is 144 Å². The highest BCUT2D eigenvalue weighted by molar-refractivity contribution is 7.89. The van der Waals surface area contributed by atoms with Crippen molar-refractivity contribution < 1.29 is 13.2 Å². The highest BCUT2D eigenvalue weighted by Crippen LogP contribution is 2.44. The maximum absolute atomic E-state index is 12.4. The van der Waals surface area contributed by atoms with Crippen LogP contribution in [0.3, 0.4) is 0 Å². The zero-order chi connectivity index (χ0) is 17.2. The second-order valence-corrected chi connectivity index (χ2v) is 8.78. The van der Waals surface area contributed by atoms with Crippen LogP contribution in [-0.4, -0.2) is 20.4 Å². The summed E-state index contributed by atoms with van der Waals surface area (Å²) < 4.78 is 27.5. The Bertz CT molecular complexity index is 682. The third-order valence-electron chi connectivity index (χ3n) is 5.57. The van der Waals surface area contributed by atoms with Crippen molar-refractivity contribution in [3.05, 3.63) is 24.3 Å². The molecule has 5 nitrogen and oxygen atoms in total. The van der Waals surface area contributed by atoms with Crippen molar-refractivity contribution in [3.63, 3.8) is 0 Å².